The first-order valence-corrected chi connectivity index (χ1v) is 10.1. The van der Waals surface area contributed by atoms with Crippen LogP contribution in [0.5, 0.6) is 5.75 Å². The Morgan fingerprint density at radius 3 is 2.29 bits per heavy atom. The molecule has 0 fully saturated rings. The number of rotatable bonds is 7. The van der Waals surface area contributed by atoms with Gasteiger partial charge >= 0.3 is 5.97 Å². The SMILES string of the molecule is CCCOc1cc2c(cc1/C=C/C=C/C(C)=C/C(=O)O)C(C)(C)CCC2(C)C. The molecule has 1 aromatic carbocycles. The molecule has 0 bridgehead atoms. The third-order valence-corrected chi connectivity index (χ3v) is 5.54. The predicted octanol–water partition coefficient (Wildman–Crippen LogP) is 6.42. The van der Waals surface area contributed by atoms with E-state index in [-0.39, 0.29) is 10.8 Å². The zero-order valence-corrected chi connectivity index (χ0v) is 18.1. The van der Waals surface area contributed by atoms with Crippen LogP contribution in [0.3, 0.4) is 0 Å². The van der Waals surface area contributed by atoms with Crippen molar-refractivity contribution >= 4 is 12.0 Å². The van der Waals surface area contributed by atoms with Crippen LogP contribution < -0.4 is 4.74 Å². The first kappa shape index (κ1) is 22.0. The minimum absolute atomic E-state index is 0.146. The summed E-state index contributed by atoms with van der Waals surface area (Å²) in [6.45, 7) is 13.9. The molecule has 0 unspecified atom stereocenters. The summed E-state index contributed by atoms with van der Waals surface area (Å²) in [5, 5.41) is 8.80. The largest absolute Gasteiger partial charge is 0.493 e. The van der Waals surface area contributed by atoms with Gasteiger partial charge in [-0.15, -0.1) is 0 Å². The Morgan fingerprint density at radius 1 is 1.11 bits per heavy atom. The molecule has 28 heavy (non-hydrogen) atoms. The normalized spacial score (nSPS) is 18.4. The molecule has 3 heteroatoms. The van der Waals surface area contributed by atoms with Crippen molar-refractivity contribution in [1.82, 2.24) is 0 Å². The van der Waals surface area contributed by atoms with Gasteiger partial charge in [-0.3, -0.25) is 0 Å². The van der Waals surface area contributed by atoms with Gasteiger partial charge in [-0.1, -0.05) is 58.9 Å². The molecule has 0 aromatic heterocycles. The van der Waals surface area contributed by atoms with Crippen molar-refractivity contribution in [3.63, 3.8) is 0 Å². The van der Waals surface area contributed by atoms with Crippen molar-refractivity contribution in [3.8, 4) is 5.75 Å². The number of carboxylic acids is 1. The fraction of sp³-hybridized carbons (Fsp3) is 0.480. The van der Waals surface area contributed by atoms with Crippen LogP contribution in [0.25, 0.3) is 6.08 Å². The fourth-order valence-corrected chi connectivity index (χ4v) is 3.69. The topological polar surface area (TPSA) is 46.5 Å². The zero-order valence-electron chi connectivity index (χ0n) is 18.1. The van der Waals surface area contributed by atoms with E-state index in [0.717, 1.165) is 17.7 Å². The lowest BCUT2D eigenvalue weighted by Crippen LogP contribution is -2.34. The second kappa shape index (κ2) is 8.81. The molecule has 1 aliphatic carbocycles. The number of aliphatic carboxylic acids is 1. The standard InChI is InChI=1S/C25H34O3/c1-7-14-28-22-17-21-20(24(3,4)12-13-25(21,5)6)16-19(22)11-9-8-10-18(2)15-23(26)27/h8-11,15-17H,7,12-14H2,1-6H3,(H,26,27)/b10-8+,11-9+,18-15+. The molecule has 0 atom stereocenters. The van der Waals surface area contributed by atoms with Gasteiger partial charge in [0.2, 0.25) is 0 Å². The second-order valence-electron chi connectivity index (χ2n) is 9.00. The van der Waals surface area contributed by atoms with Gasteiger partial charge in [-0.25, -0.2) is 4.79 Å². The summed E-state index contributed by atoms with van der Waals surface area (Å²) in [7, 11) is 0. The highest BCUT2D eigenvalue weighted by Crippen LogP contribution is 2.47. The maximum Gasteiger partial charge on any atom is 0.328 e. The molecule has 1 N–H and O–H groups in total. The van der Waals surface area contributed by atoms with E-state index in [9.17, 15) is 4.79 Å². The fourth-order valence-electron chi connectivity index (χ4n) is 3.69. The van der Waals surface area contributed by atoms with E-state index < -0.39 is 5.97 Å². The van der Waals surface area contributed by atoms with Crippen LogP contribution >= 0.6 is 0 Å². The van der Waals surface area contributed by atoms with Crippen LogP contribution in [-0.2, 0) is 15.6 Å². The second-order valence-corrected chi connectivity index (χ2v) is 9.00. The molecule has 0 amide bonds. The third kappa shape index (κ3) is 5.37. The van der Waals surface area contributed by atoms with Gasteiger partial charge < -0.3 is 9.84 Å². The average Bonchev–Trinajstić information content (AvgIpc) is 2.60. The average molecular weight is 383 g/mol. The Balaban J connectivity index is 2.43. The molecule has 3 nitrogen and oxygen atoms in total. The Labute approximate surface area is 169 Å². The molecule has 152 valence electrons. The maximum atomic E-state index is 10.7. The van der Waals surface area contributed by atoms with E-state index in [1.165, 1.54) is 30.0 Å². The van der Waals surface area contributed by atoms with Crippen molar-refractivity contribution in [1.29, 1.82) is 0 Å². The zero-order chi connectivity index (χ0) is 20.9. The lowest BCUT2D eigenvalue weighted by Gasteiger charge is -2.42. The minimum atomic E-state index is -0.930. The number of carbonyl (C=O) groups is 1. The van der Waals surface area contributed by atoms with E-state index in [1.807, 2.05) is 18.2 Å². The van der Waals surface area contributed by atoms with Crippen LogP contribution in [0, 0.1) is 0 Å². The summed E-state index contributed by atoms with van der Waals surface area (Å²) in [5.41, 5.74) is 4.86. The van der Waals surface area contributed by atoms with Crippen LogP contribution in [0.4, 0.5) is 0 Å². The van der Waals surface area contributed by atoms with Gasteiger partial charge in [-0.05, 0) is 65.8 Å². The van der Waals surface area contributed by atoms with Crippen LogP contribution in [0.15, 0.2) is 42.0 Å². The van der Waals surface area contributed by atoms with Gasteiger partial charge in [0.15, 0.2) is 0 Å². The number of ether oxygens (including phenoxy) is 1. The Hall–Kier alpha value is -2.29. The summed E-state index contributed by atoms with van der Waals surface area (Å²) in [6, 6.07) is 4.52. The highest BCUT2D eigenvalue weighted by molar-refractivity contribution is 5.81. The minimum Gasteiger partial charge on any atom is -0.493 e. The molecule has 0 heterocycles. The predicted molar refractivity (Wildman–Crippen MR) is 117 cm³/mol. The van der Waals surface area contributed by atoms with Crippen LogP contribution in [0.1, 0.15) is 77.5 Å². The van der Waals surface area contributed by atoms with Gasteiger partial charge in [0.05, 0.1) is 6.61 Å². The monoisotopic (exact) mass is 382 g/mol. The van der Waals surface area contributed by atoms with Crippen molar-refractivity contribution < 1.29 is 14.6 Å². The molecule has 1 aromatic rings. The molecular formula is C25H34O3. The van der Waals surface area contributed by atoms with Crippen LogP contribution in [-0.4, -0.2) is 17.7 Å². The lowest BCUT2D eigenvalue weighted by atomic mass is 9.63. The first-order valence-electron chi connectivity index (χ1n) is 10.1. The maximum absolute atomic E-state index is 10.7. The molecule has 0 saturated heterocycles. The Bertz CT molecular complexity index is 807. The van der Waals surface area contributed by atoms with E-state index >= 15 is 0 Å². The molecule has 2 rings (SSSR count). The number of benzene rings is 1. The molecule has 0 saturated carbocycles. The quantitative estimate of drug-likeness (QED) is 0.437. The van der Waals surface area contributed by atoms with Crippen molar-refractivity contribution in [3.05, 3.63) is 58.7 Å². The highest BCUT2D eigenvalue weighted by atomic mass is 16.5. The molecule has 1 aliphatic rings. The molecule has 0 spiro atoms. The van der Waals surface area contributed by atoms with Gasteiger partial charge in [0.1, 0.15) is 5.75 Å². The van der Waals surface area contributed by atoms with Gasteiger partial charge in [0.25, 0.3) is 0 Å². The van der Waals surface area contributed by atoms with E-state index in [4.69, 9.17) is 9.84 Å². The van der Waals surface area contributed by atoms with Crippen molar-refractivity contribution in [2.75, 3.05) is 6.61 Å². The number of carboxylic acid groups (broad SMARTS) is 1. The third-order valence-electron chi connectivity index (χ3n) is 5.54. The summed E-state index contributed by atoms with van der Waals surface area (Å²) < 4.78 is 6.08. The molecule has 0 aliphatic heterocycles. The summed E-state index contributed by atoms with van der Waals surface area (Å²) >= 11 is 0. The Kier molecular flexibility index (Phi) is 6.92. The van der Waals surface area contributed by atoms with Crippen LogP contribution in [0.2, 0.25) is 0 Å². The number of allylic oxidation sites excluding steroid dienone is 4. The summed E-state index contributed by atoms with van der Waals surface area (Å²) in [4.78, 5) is 10.7. The molecule has 0 radical (unpaired) electrons. The smallest absolute Gasteiger partial charge is 0.328 e. The number of hydrogen-bond donors (Lipinski definition) is 1. The van der Waals surface area contributed by atoms with E-state index in [1.54, 1.807) is 13.0 Å². The number of hydrogen-bond acceptors (Lipinski definition) is 2. The summed E-state index contributed by atoms with van der Waals surface area (Å²) in [6.07, 6.45) is 12.2. The highest BCUT2D eigenvalue weighted by Gasteiger charge is 2.37. The number of fused-ring (bicyclic) bond motifs is 1. The first-order chi connectivity index (χ1) is 13.1. The molecular weight excluding hydrogens is 348 g/mol. The lowest BCUT2D eigenvalue weighted by molar-refractivity contribution is -0.131. The summed E-state index contributed by atoms with van der Waals surface area (Å²) in [5.74, 6) is -0.00487. The van der Waals surface area contributed by atoms with Crippen molar-refractivity contribution in [2.45, 2.75) is 71.6 Å². The van der Waals surface area contributed by atoms with Crippen molar-refractivity contribution in [2.24, 2.45) is 0 Å². The van der Waals surface area contributed by atoms with E-state index in [0.29, 0.717) is 12.2 Å². The van der Waals surface area contributed by atoms with E-state index in [2.05, 4.69) is 46.8 Å². The Morgan fingerprint density at radius 2 is 1.71 bits per heavy atom. The van der Waals surface area contributed by atoms with Gasteiger partial charge in [-0.2, -0.15) is 0 Å². The van der Waals surface area contributed by atoms with Gasteiger partial charge in [0, 0.05) is 11.6 Å².